The highest BCUT2D eigenvalue weighted by Crippen LogP contribution is 2.28. The molecule has 0 aromatic heterocycles. The Hall–Kier alpha value is -0.930. The molecule has 0 radical (unpaired) electrons. The fourth-order valence-electron chi connectivity index (χ4n) is 1.27. The fourth-order valence-corrected chi connectivity index (χ4v) is 1.60. The summed E-state index contributed by atoms with van der Waals surface area (Å²) in [5.74, 6) is 0.247. The van der Waals surface area contributed by atoms with Gasteiger partial charge in [-0.25, -0.2) is 0 Å². The van der Waals surface area contributed by atoms with Gasteiger partial charge in [0, 0.05) is 17.1 Å². The Bertz CT molecular complexity index is 423. The molecule has 5 heteroatoms. The van der Waals surface area contributed by atoms with Gasteiger partial charge in [-0.3, -0.25) is 4.79 Å². The zero-order chi connectivity index (χ0) is 13.7. The largest absolute Gasteiger partial charge is 0.479 e. The van der Waals surface area contributed by atoms with Crippen LogP contribution in [0.1, 0.15) is 27.2 Å². The Balaban J connectivity index is 2.66. The molecular formula is C13H17Cl2NO2. The molecule has 0 aliphatic heterocycles. The van der Waals surface area contributed by atoms with Crippen molar-refractivity contribution >= 4 is 29.1 Å². The molecule has 0 aliphatic rings. The van der Waals surface area contributed by atoms with E-state index in [0.717, 1.165) is 6.42 Å². The van der Waals surface area contributed by atoms with Gasteiger partial charge in [-0.15, -0.1) is 0 Å². The SMILES string of the molecule is CCC(C)NC(=O)C(C)Oc1cc(Cl)ccc1Cl. The van der Waals surface area contributed by atoms with Crippen molar-refractivity contribution < 1.29 is 9.53 Å². The van der Waals surface area contributed by atoms with Gasteiger partial charge >= 0.3 is 0 Å². The molecule has 1 aromatic rings. The van der Waals surface area contributed by atoms with Crippen LogP contribution < -0.4 is 10.1 Å². The first-order valence-electron chi connectivity index (χ1n) is 5.86. The first-order chi connectivity index (χ1) is 8.43. The van der Waals surface area contributed by atoms with E-state index in [9.17, 15) is 4.79 Å². The summed E-state index contributed by atoms with van der Waals surface area (Å²) in [6.45, 7) is 5.62. The third-order valence-electron chi connectivity index (χ3n) is 2.57. The smallest absolute Gasteiger partial charge is 0.260 e. The van der Waals surface area contributed by atoms with Crippen molar-refractivity contribution in [2.24, 2.45) is 0 Å². The molecular weight excluding hydrogens is 273 g/mol. The highest BCUT2D eigenvalue weighted by molar-refractivity contribution is 6.34. The van der Waals surface area contributed by atoms with Crippen LogP contribution in [0, 0.1) is 0 Å². The summed E-state index contributed by atoms with van der Waals surface area (Å²) < 4.78 is 5.50. The maximum Gasteiger partial charge on any atom is 0.260 e. The van der Waals surface area contributed by atoms with E-state index < -0.39 is 6.10 Å². The number of rotatable bonds is 5. The maximum absolute atomic E-state index is 11.8. The number of hydrogen-bond donors (Lipinski definition) is 1. The molecule has 2 atom stereocenters. The maximum atomic E-state index is 11.8. The molecule has 0 saturated heterocycles. The van der Waals surface area contributed by atoms with Crippen molar-refractivity contribution in [1.29, 1.82) is 0 Å². The predicted octanol–water partition coefficient (Wildman–Crippen LogP) is 3.68. The number of halogens is 2. The molecule has 100 valence electrons. The summed E-state index contributed by atoms with van der Waals surface area (Å²) >= 11 is 11.8. The van der Waals surface area contributed by atoms with Gasteiger partial charge in [0.2, 0.25) is 0 Å². The number of ether oxygens (including phenoxy) is 1. The van der Waals surface area contributed by atoms with Gasteiger partial charge in [-0.1, -0.05) is 30.1 Å². The average Bonchev–Trinajstić information content (AvgIpc) is 2.33. The lowest BCUT2D eigenvalue weighted by molar-refractivity contribution is -0.127. The van der Waals surface area contributed by atoms with E-state index in [2.05, 4.69) is 5.32 Å². The average molecular weight is 290 g/mol. The van der Waals surface area contributed by atoms with Crippen molar-refractivity contribution in [2.75, 3.05) is 0 Å². The van der Waals surface area contributed by atoms with E-state index in [1.54, 1.807) is 25.1 Å². The van der Waals surface area contributed by atoms with Gasteiger partial charge in [-0.2, -0.15) is 0 Å². The number of carbonyl (C=O) groups excluding carboxylic acids is 1. The predicted molar refractivity (Wildman–Crippen MR) is 74.4 cm³/mol. The monoisotopic (exact) mass is 289 g/mol. The Morgan fingerprint density at radius 3 is 2.67 bits per heavy atom. The Labute approximate surface area is 117 Å². The van der Waals surface area contributed by atoms with Crippen molar-refractivity contribution in [3.63, 3.8) is 0 Å². The summed E-state index contributed by atoms with van der Waals surface area (Å²) in [6, 6.07) is 5.02. The minimum absolute atomic E-state index is 0.124. The van der Waals surface area contributed by atoms with Gasteiger partial charge in [0.1, 0.15) is 5.75 Å². The van der Waals surface area contributed by atoms with E-state index in [1.165, 1.54) is 0 Å². The quantitative estimate of drug-likeness (QED) is 0.898. The van der Waals surface area contributed by atoms with Crippen LogP contribution in [0.4, 0.5) is 0 Å². The molecule has 3 nitrogen and oxygen atoms in total. The highest BCUT2D eigenvalue weighted by Gasteiger charge is 2.17. The van der Waals surface area contributed by atoms with E-state index >= 15 is 0 Å². The Morgan fingerprint density at radius 1 is 1.39 bits per heavy atom. The van der Waals surface area contributed by atoms with Crippen LogP contribution in [0.2, 0.25) is 10.0 Å². The minimum atomic E-state index is -0.616. The van der Waals surface area contributed by atoms with E-state index in [-0.39, 0.29) is 11.9 Å². The molecule has 1 rings (SSSR count). The normalized spacial score (nSPS) is 13.8. The van der Waals surface area contributed by atoms with Gasteiger partial charge in [-0.05, 0) is 32.4 Å². The van der Waals surface area contributed by atoms with Gasteiger partial charge in [0.15, 0.2) is 6.10 Å². The second-order valence-corrected chi connectivity index (χ2v) is 5.00. The van der Waals surface area contributed by atoms with E-state index in [4.69, 9.17) is 27.9 Å². The van der Waals surface area contributed by atoms with Gasteiger partial charge in [0.05, 0.1) is 5.02 Å². The number of benzene rings is 1. The molecule has 0 heterocycles. The third-order valence-corrected chi connectivity index (χ3v) is 3.11. The second-order valence-electron chi connectivity index (χ2n) is 4.15. The zero-order valence-electron chi connectivity index (χ0n) is 10.7. The second kappa shape index (κ2) is 6.86. The first kappa shape index (κ1) is 15.1. The van der Waals surface area contributed by atoms with Gasteiger partial charge < -0.3 is 10.1 Å². The van der Waals surface area contributed by atoms with Gasteiger partial charge in [0.25, 0.3) is 5.91 Å². The number of hydrogen-bond acceptors (Lipinski definition) is 2. The molecule has 18 heavy (non-hydrogen) atoms. The molecule has 0 spiro atoms. The molecule has 0 bridgehead atoms. The van der Waals surface area contributed by atoms with Crippen LogP contribution in [0.15, 0.2) is 18.2 Å². The molecule has 2 unspecified atom stereocenters. The Morgan fingerprint density at radius 2 is 2.06 bits per heavy atom. The fraction of sp³-hybridized carbons (Fsp3) is 0.462. The van der Waals surface area contributed by atoms with E-state index in [1.807, 2.05) is 13.8 Å². The molecule has 0 aliphatic carbocycles. The standard InChI is InChI=1S/C13H17Cl2NO2/c1-4-8(2)16-13(17)9(3)18-12-7-10(14)5-6-11(12)15/h5-9H,4H2,1-3H3,(H,16,17). The van der Waals surface area contributed by atoms with Crippen molar-refractivity contribution in [3.8, 4) is 5.75 Å². The lowest BCUT2D eigenvalue weighted by Crippen LogP contribution is -2.41. The van der Waals surface area contributed by atoms with Crippen molar-refractivity contribution in [1.82, 2.24) is 5.32 Å². The summed E-state index contributed by atoms with van der Waals surface area (Å²) in [7, 11) is 0. The third kappa shape index (κ3) is 4.39. The van der Waals surface area contributed by atoms with Crippen LogP contribution in [-0.2, 0) is 4.79 Å². The molecule has 0 fully saturated rings. The van der Waals surface area contributed by atoms with Crippen LogP contribution in [-0.4, -0.2) is 18.1 Å². The number of carbonyl (C=O) groups is 1. The summed E-state index contributed by atoms with van der Waals surface area (Å²) in [6.07, 6.45) is 0.256. The minimum Gasteiger partial charge on any atom is -0.479 e. The zero-order valence-corrected chi connectivity index (χ0v) is 12.2. The summed E-state index contributed by atoms with van der Waals surface area (Å²) in [4.78, 5) is 11.8. The molecule has 1 amide bonds. The molecule has 1 N–H and O–H groups in total. The number of amides is 1. The summed E-state index contributed by atoms with van der Waals surface area (Å²) in [5.41, 5.74) is 0. The topological polar surface area (TPSA) is 38.3 Å². The van der Waals surface area contributed by atoms with E-state index in [0.29, 0.717) is 15.8 Å². The first-order valence-corrected chi connectivity index (χ1v) is 6.61. The Kier molecular flexibility index (Phi) is 5.76. The lowest BCUT2D eigenvalue weighted by Gasteiger charge is -2.18. The van der Waals surface area contributed by atoms with Crippen LogP contribution >= 0.6 is 23.2 Å². The van der Waals surface area contributed by atoms with Crippen LogP contribution in [0.3, 0.4) is 0 Å². The van der Waals surface area contributed by atoms with Crippen LogP contribution in [0.25, 0.3) is 0 Å². The molecule has 0 saturated carbocycles. The lowest BCUT2D eigenvalue weighted by atomic mass is 10.2. The highest BCUT2D eigenvalue weighted by atomic mass is 35.5. The number of nitrogens with one attached hydrogen (secondary N) is 1. The summed E-state index contributed by atoms with van der Waals surface area (Å²) in [5, 5.41) is 3.79. The van der Waals surface area contributed by atoms with Crippen molar-refractivity contribution in [2.45, 2.75) is 39.3 Å². The van der Waals surface area contributed by atoms with Crippen molar-refractivity contribution in [3.05, 3.63) is 28.2 Å². The van der Waals surface area contributed by atoms with Crippen LogP contribution in [0.5, 0.6) is 5.75 Å². The molecule has 1 aromatic carbocycles.